The SMILES string of the molecule is Cc1ccc(NC(=O)c2coc3c(F)c(B4OC(C)(C)C(C)(C)O4)cc(C)c23)cc1C(C)(F)F. The van der Waals surface area contributed by atoms with Gasteiger partial charge < -0.3 is 19.0 Å². The second kappa shape index (κ2) is 7.88. The molecule has 0 bridgehead atoms. The number of anilines is 1. The smallest absolute Gasteiger partial charge is 0.460 e. The average Bonchev–Trinajstić information content (AvgIpc) is 3.24. The van der Waals surface area contributed by atoms with Gasteiger partial charge in [-0.2, -0.15) is 0 Å². The maximum absolute atomic E-state index is 15.5. The zero-order chi connectivity index (χ0) is 25.2. The highest BCUT2D eigenvalue weighted by Crippen LogP contribution is 2.38. The molecule has 4 rings (SSSR count). The molecule has 2 aromatic carbocycles. The molecular weight excluding hydrogens is 446 g/mol. The Morgan fingerprint density at radius 3 is 2.24 bits per heavy atom. The Morgan fingerprint density at radius 2 is 1.65 bits per heavy atom. The summed E-state index contributed by atoms with van der Waals surface area (Å²) in [7, 11) is -0.933. The Bertz CT molecular complexity index is 1280. The molecule has 0 saturated carbocycles. The van der Waals surface area contributed by atoms with Crippen LogP contribution in [0, 0.1) is 19.7 Å². The van der Waals surface area contributed by atoms with E-state index in [1.165, 1.54) is 18.2 Å². The molecule has 1 aromatic heterocycles. The van der Waals surface area contributed by atoms with Crippen LogP contribution in [0.15, 0.2) is 34.9 Å². The number of hydrogen-bond acceptors (Lipinski definition) is 4. The van der Waals surface area contributed by atoms with Gasteiger partial charge in [0, 0.05) is 29.0 Å². The molecule has 1 fully saturated rings. The predicted molar refractivity (Wildman–Crippen MR) is 125 cm³/mol. The quantitative estimate of drug-likeness (QED) is 0.483. The van der Waals surface area contributed by atoms with Crippen molar-refractivity contribution in [2.75, 3.05) is 5.32 Å². The van der Waals surface area contributed by atoms with Crippen LogP contribution in [0.25, 0.3) is 11.0 Å². The highest BCUT2D eigenvalue weighted by atomic mass is 19.3. The summed E-state index contributed by atoms with van der Waals surface area (Å²) in [6.07, 6.45) is 1.16. The molecule has 34 heavy (non-hydrogen) atoms. The summed E-state index contributed by atoms with van der Waals surface area (Å²) in [6, 6.07) is 5.86. The zero-order valence-corrected chi connectivity index (χ0v) is 20.2. The molecule has 1 saturated heterocycles. The molecule has 9 heteroatoms. The number of carbonyl (C=O) groups excluding carboxylic acids is 1. The van der Waals surface area contributed by atoms with Crippen molar-refractivity contribution in [3.8, 4) is 0 Å². The van der Waals surface area contributed by atoms with Crippen LogP contribution in [0.2, 0.25) is 0 Å². The third-order valence-electron chi connectivity index (χ3n) is 6.73. The fraction of sp³-hybridized carbons (Fsp3) is 0.400. The van der Waals surface area contributed by atoms with Gasteiger partial charge in [-0.15, -0.1) is 0 Å². The maximum Gasteiger partial charge on any atom is 0.498 e. The van der Waals surface area contributed by atoms with E-state index in [1.54, 1.807) is 19.9 Å². The number of amides is 1. The summed E-state index contributed by atoms with van der Waals surface area (Å²) in [4.78, 5) is 13.0. The van der Waals surface area contributed by atoms with E-state index in [4.69, 9.17) is 13.7 Å². The van der Waals surface area contributed by atoms with Gasteiger partial charge >= 0.3 is 7.12 Å². The van der Waals surface area contributed by atoms with Crippen molar-refractivity contribution in [1.82, 2.24) is 0 Å². The van der Waals surface area contributed by atoms with Gasteiger partial charge in [-0.1, -0.05) is 12.1 Å². The van der Waals surface area contributed by atoms with Crippen LogP contribution in [0.5, 0.6) is 0 Å². The van der Waals surface area contributed by atoms with Gasteiger partial charge in [-0.05, 0) is 64.8 Å². The summed E-state index contributed by atoms with van der Waals surface area (Å²) in [5, 5.41) is 2.90. The first-order valence-corrected chi connectivity index (χ1v) is 11.0. The number of rotatable bonds is 4. The Kier molecular flexibility index (Phi) is 5.65. The largest absolute Gasteiger partial charge is 0.498 e. The number of alkyl halides is 2. The first-order valence-electron chi connectivity index (χ1n) is 11.0. The third-order valence-corrected chi connectivity index (χ3v) is 6.73. The van der Waals surface area contributed by atoms with Crippen LogP contribution in [0.4, 0.5) is 18.9 Å². The van der Waals surface area contributed by atoms with E-state index in [2.05, 4.69) is 5.32 Å². The molecule has 0 spiro atoms. The molecule has 0 atom stereocenters. The van der Waals surface area contributed by atoms with Crippen LogP contribution in [-0.4, -0.2) is 24.2 Å². The molecule has 3 aromatic rings. The number of nitrogens with one attached hydrogen (secondary N) is 1. The minimum absolute atomic E-state index is 0.0947. The van der Waals surface area contributed by atoms with Crippen molar-refractivity contribution in [1.29, 1.82) is 0 Å². The molecule has 2 heterocycles. The van der Waals surface area contributed by atoms with Gasteiger partial charge in [-0.3, -0.25) is 4.79 Å². The third kappa shape index (κ3) is 4.01. The second-order valence-electron chi connectivity index (χ2n) is 9.91. The highest BCUT2D eigenvalue weighted by Gasteiger charge is 2.52. The van der Waals surface area contributed by atoms with Gasteiger partial charge in [0.25, 0.3) is 11.8 Å². The number of carbonyl (C=O) groups is 1. The van der Waals surface area contributed by atoms with Crippen LogP contribution >= 0.6 is 0 Å². The zero-order valence-electron chi connectivity index (χ0n) is 20.2. The summed E-state index contributed by atoms with van der Waals surface area (Å²) >= 11 is 0. The van der Waals surface area contributed by atoms with Crippen LogP contribution < -0.4 is 10.8 Å². The molecule has 1 aliphatic heterocycles. The number of hydrogen-bond donors (Lipinski definition) is 1. The lowest BCUT2D eigenvalue weighted by atomic mass is 9.77. The fourth-order valence-electron chi connectivity index (χ4n) is 4.09. The van der Waals surface area contributed by atoms with E-state index < -0.39 is 36.0 Å². The predicted octanol–water partition coefficient (Wildman–Crippen LogP) is 5.85. The van der Waals surface area contributed by atoms with Crippen molar-refractivity contribution >= 4 is 35.1 Å². The molecule has 180 valence electrons. The van der Waals surface area contributed by atoms with E-state index in [-0.39, 0.29) is 27.9 Å². The summed E-state index contributed by atoms with van der Waals surface area (Å²) in [5.41, 5.74) is -0.107. The van der Waals surface area contributed by atoms with E-state index in [0.29, 0.717) is 16.5 Å². The number of benzene rings is 2. The lowest BCUT2D eigenvalue weighted by Crippen LogP contribution is -2.41. The summed E-state index contributed by atoms with van der Waals surface area (Å²) in [6.45, 7) is 11.6. The monoisotopic (exact) mass is 473 g/mol. The molecule has 0 unspecified atom stereocenters. The lowest BCUT2D eigenvalue weighted by molar-refractivity contribution is 0.00578. The second-order valence-corrected chi connectivity index (χ2v) is 9.91. The van der Waals surface area contributed by atoms with E-state index in [9.17, 15) is 13.6 Å². The van der Waals surface area contributed by atoms with Crippen LogP contribution in [0.3, 0.4) is 0 Å². The number of furan rings is 1. The molecule has 0 radical (unpaired) electrons. The van der Waals surface area contributed by atoms with Crippen molar-refractivity contribution in [2.24, 2.45) is 0 Å². The van der Waals surface area contributed by atoms with E-state index in [1.807, 2.05) is 27.7 Å². The fourth-order valence-corrected chi connectivity index (χ4v) is 4.09. The Balaban J connectivity index is 1.69. The van der Waals surface area contributed by atoms with E-state index in [0.717, 1.165) is 13.2 Å². The van der Waals surface area contributed by atoms with Gasteiger partial charge in [0.1, 0.15) is 6.26 Å². The van der Waals surface area contributed by atoms with Gasteiger partial charge in [0.2, 0.25) is 0 Å². The minimum atomic E-state index is -3.06. The van der Waals surface area contributed by atoms with Gasteiger partial charge in [0.15, 0.2) is 11.4 Å². The van der Waals surface area contributed by atoms with Crippen molar-refractivity contribution in [2.45, 2.75) is 65.6 Å². The highest BCUT2D eigenvalue weighted by molar-refractivity contribution is 6.62. The molecular formula is C25H27BF3NO4. The maximum atomic E-state index is 15.5. The lowest BCUT2D eigenvalue weighted by Gasteiger charge is -2.32. The van der Waals surface area contributed by atoms with Gasteiger partial charge in [0.05, 0.1) is 16.8 Å². The topological polar surface area (TPSA) is 60.7 Å². The van der Waals surface area contributed by atoms with Crippen LogP contribution in [0.1, 0.15) is 61.7 Å². The van der Waals surface area contributed by atoms with Crippen molar-refractivity contribution < 1.29 is 31.7 Å². The average molecular weight is 473 g/mol. The molecule has 1 aliphatic rings. The standard InChI is InChI=1S/C25H27BF3NO4/c1-13-8-9-15(11-17(13)25(7,28)29)30-22(31)16-12-32-21-19(16)14(2)10-18(20(21)27)26-33-23(3,4)24(5,6)34-26/h8-12H,1-7H3,(H,30,31). The number of aryl methyl sites for hydroxylation is 2. The van der Waals surface area contributed by atoms with Gasteiger partial charge in [-0.25, -0.2) is 13.2 Å². The summed E-state index contributed by atoms with van der Waals surface area (Å²) in [5.74, 6) is -4.34. The Labute approximate surface area is 196 Å². The molecule has 5 nitrogen and oxygen atoms in total. The minimum Gasteiger partial charge on any atom is -0.460 e. The molecule has 1 amide bonds. The molecule has 1 N–H and O–H groups in total. The molecule has 0 aliphatic carbocycles. The van der Waals surface area contributed by atoms with Crippen molar-refractivity contribution in [3.63, 3.8) is 0 Å². The summed E-state index contributed by atoms with van der Waals surface area (Å²) < 4.78 is 60.6. The normalized spacial score (nSPS) is 17.4. The Morgan fingerprint density at radius 1 is 1.03 bits per heavy atom. The van der Waals surface area contributed by atoms with E-state index >= 15 is 4.39 Å². The Hall–Kier alpha value is -2.78. The first kappa shape index (κ1) is 24.4. The number of halogens is 3. The number of fused-ring (bicyclic) bond motifs is 1. The van der Waals surface area contributed by atoms with Crippen molar-refractivity contribution in [3.05, 3.63) is 58.6 Å². The van der Waals surface area contributed by atoms with Crippen LogP contribution in [-0.2, 0) is 15.2 Å². The first-order chi connectivity index (χ1) is 15.6.